The van der Waals surface area contributed by atoms with Gasteiger partial charge in [-0.25, -0.2) is 0 Å². The largest absolute Gasteiger partial charge is 0.496 e. The van der Waals surface area contributed by atoms with E-state index < -0.39 is 4.92 Å². The lowest BCUT2D eigenvalue weighted by molar-refractivity contribution is -0.384. The first-order chi connectivity index (χ1) is 10.9. The van der Waals surface area contributed by atoms with Gasteiger partial charge < -0.3 is 10.1 Å². The number of rotatable bonds is 6. The van der Waals surface area contributed by atoms with Crippen molar-refractivity contribution < 1.29 is 14.5 Å². The summed E-state index contributed by atoms with van der Waals surface area (Å²) in [6.45, 7) is 0.0647. The second-order valence-corrected chi connectivity index (χ2v) is 6.26. The number of nitrogens with one attached hydrogen (secondary N) is 1. The van der Waals surface area contributed by atoms with Gasteiger partial charge in [-0.15, -0.1) is 0 Å². The van der Waals surface area contributed by atoms with Crippen LogP contribution in [0.1, 0.15) is 10.4 Å². The van der Waals surface area contributed by atoms with Crippen molar-refractivity contribution in [1.82, 2.24) is 0 Å². The summed E-state index contributed by atoms with van der Waals surface area (Å²) in [7, 11) is 1.55. The highest BCUT2D eigenvalue weighted by Crippen LogP contribution is 2.28. The zero-order chi connectivity index (χ0) is 17.0. The van der Waals surface area contributed by atoms with Crippen molar-refractivity contribution in [3.05, 3.63) is 61.0 Å². The van der Waals surface area contributed by atoms with Gasteiger partial charge in [0.1, 0.15) is 5.75 Å². The summed E-state index contributed by atoms with van der Waals surface area (Å²) in [5.41, 5.74) is 1.12. The van der Waals surface area contributed by atoms with Gasteiger partial charge in [-0.05, 0) is 56.1 Å². The Balaban J connectivity index is 2.07. The van der Waals surface area contributed by atoms with Gasteiger partial charge in [0.05, 0.1) is 23.1 Å². The monoisotopic (exact) mass is 442 g/mol. The van der Waals surface area contributed by atoms with E-state index in [0.717, 1.165) is 0 Å². The molecule has 0 fully saturated rings. The number of ether oxygens (including phenoxy) is 1. The molecule has 0 radical (unpaired) electrons. The Morgan fingerprint density at radius 1 is 1.22 bits per heavy atom. The third-order valence-corrected chi connectivity index (χ3v) is 4.35. The Bertz CT molecular complexity index is 765. The number of nitrogens with zero attached hydrogens (tertiary/aromatic N) is 1. The molecule has 0 saturated carbocycles. The van der Waals surface area contributed by atoms with Gasteiger partial charge in [0.2, 0.25) is 0 Å². The van der Waals surface area contributed by atoms with E-state index >= 15 is 0 Å². The van der Waals surface area contributed by atoms with Crippen LogP contribution in [-0.2, 0) is 0 Å². The minimum Gasteiger partial charge on any atom is -0.496 e. The number of Topliss-reactive ketones (excluding diaryl/α,β-unsaturated/α-hetero) is 1. The van der Waals surface area contributed by atoms with Crippen molar-refractivity contribution in [3.63, 3.8) is 0 Å². The van der Waals surface area contributed by atoms with E-state index in [0.29, 0.717) is 25.9 Å². The van der Waals surface area contributed by atoms with Gasteiger partial charge in [-0.1, -0.05) is 0 Å². The number of hydrogen-bond acceptors (Lipinski definition) is 5. The molecule has 0 bridgehead atoms. The Hall–Kier alpha value is -1.93. The second-order valence-electron chi connectivity index (χ2n) is 4.55. The van der Waals surface area contributed by atoms with Crippen LogP contribution < -0.4 is 10.1 Å². The number of anilines is 1. The van der Waals surface area contributed by atoms with Crippen molar-refractivity contribution in [2.45, 2.75) is 0 Å². The zero-order valence-electron chi connectivity index (χ0n) is 12.0. The molecule has 2 aromatic carbocycles. The summed E-state index contributed by atoms with van der Waals surface area (Å²) in [6, 6.07) is 9.39. The lowest BCUT2D eigenvalue weighted by Crippen LogP contribution is -2.14. The quantitative estimate of drug-likeness (QED) is 0.406. The number of carbonyl (C=O) groups is 1. The van der Waals surface area contributed by atoms with E-state index in [4.69, 9.17) is 4.74 Å². The number of methoxy groups -OCH3 is 1. The van der Waals surface area contributed by atoms with Crippen LogP contribution in [0, 0.1) is 10.1 Å². The van der Waals surface area contributed by atoms with E-state index in [2.05, 4.69) is 37.2 Å². The summed E-state index contributed by atoms with van der Waals surface area (Å²) in [4.78, 5) is 22.4. The van der Waals surface area contributed by atoms with E-state index in [-0.39, 0.29) is 18.0 Å². The molecular weight excluding hydrogens is 432 g/mol. The average Bonchev–Trinajstić information content (AvgIpc) is 2.53. The predicted molar refractivity (Wildman–Crippen MR) is 94.3 cm³/mol. The molecule has 120 valence electrons. The summed E-state index contributed by atoms with van der Waals surface area (Å²) < 4.78 is 6.34. The summed E-state index contributed by atoms with van der Waals surface area (Å²) in [5, 5.41) is 13.7. The van der Waals surface area contributed by atoms with Crippen LogP contribution >= 0.6 is 31.9 Å². The molecule has 0 aliphatic heterocycles. The van der Waals surface area contributed by atoms with E-state index in [9.17, 15) is 14.9 Å². The van der Waals surface area contributed by atoms with Crippen LogP contribution in [0.4, 0.5) is 11.4 Å². The van der Waals surface area contributed by atoms with Gasteiger partial charge in [0.15, 0.2) is 5.78 Å². The van der Waals surface area contributed by atoms with Crippen molar-refractivity contribution in [3.8, 4) is 5.75 Å². The summed E-state index contributed by atoms with van der Waals surface area (Å²) in [6.07, 6.45) is 0. The van der Waals surface area contributed by atoms with Crippen molar-refractivity contribution in [2.24, 2.45) is 0 Å². The van der Waals surface area contributed by atoms with Gasteiger partial charge >= 0.3 is 0 Å². The van der Waals surface area contributed by atoms with E-state index in [1.54, 1.807) is 31.4 Å². The molecule has 0 atom stereocenters. The Morgan fingerprint density at radius 2 is 1.96 bits per heavy atom. The predicted octanol–water partition coefficient (Wildman–Crippen LogP) is 4.42. The van der Waals surface area contributed by atoms with Crippen LogP contribution in [-0.4, -0.2) is 24.4 Å². The molecule has 0 aliphatic rings. The molecule has 0 aliphatic carbocycles. The molecule has 6 nitrogen and oxygen atoms in total. The molecule has 23 heavy (non-hydrogen) atoms. The smallest absolute Gasteiger partial charge is 0.270 e. The highest BCUT2D eigenvalue weighted by molar-refractivity contribution is 9.11. The number of halogens is 2. The number of carbonyl (C=O) groups excluding carboxylic acids is 1. The minimum atomic E-state index is -0.478. The van der Waals surface area contributed by atoms with Crippen LogP contribution in [0.3, 0.4) is 0 Å². The van der Waals surface area contributed by atoms with Crippen LogP contribution in [0.15, 0.2) is 45.3 Å². The molecule has 2 aromatic rings. The average molecular weight is 444 g/mol. The Kier molecular flexibility index (Phi) is 5.73. The zero-order valence-corrected chi connectivity index (χ0v) is 15.2. The third-order valence-electron chi connectivity index (χ3n) is 3.08. The number of non-ortho nitro benzene ring substituents is 1. The third kappa shape index (κ3) is 4.29. The second kappa shape index (κ2) is 7.56. The highest BCUT2D eigenvalue weighted by atomic mass is 79.9. The number of hydrogen-bond donors (Lipinski definition) is 1. The van der Waals surface area contributed by atoms with Gasteiger partial charge in [-0.3, -0.25) is 14.9 Å². The molecule has 0 aromatic heterocycles. The van der Waals surface area contributed by atoms with Crippen LogP contribution in [0.25, 0.3) is 0 Å². The lowest BCUT2D eigenvalue weighted by atomic mass is 10.1. The minimum absolute atomic E-state index is 0.0205. The maximum atomic E-state index is 12.2. The Labute approximate surface area is 149 Å². The van der Waals surface area contributed by atoms with Gasteiger partial charge in [-0.2, -0.15) is 0 Å². The fraction of sp³-hybridized carbons (Fsp3) is 0.133. The fourth-order valence-corrected chi connectivity index (χ4v) is 2.93. The number of nitro groups is 1. The Morgan fingerprint density at radius 3 is 2.52 bits per heavy atom. The molecule has 2 rings (SSSR count). The first kappa shape index (κ1) is 17.4. The molecule has 0 unspecified atom stereocenters. The highest BCUT2D eigenvalue weighted by Gasteiger charge is 2.12. The first-order valence-corrected chi connectivity index (χ1v) is 8.05. The number of ketones is 1. The lowest BCUT2D eigenvalue weighted by Gasteiger charge is -2.09. The standard InChI is InChI=1S/C15H12Br2N2O4/c1-23-15-5-2-9(6-12(15)17)14(20)8-18-13-4-3-10(19(21)22)7-11(13)16/h2-7,18H,8H2,1H3. The molecule has 0 heterocycles. The molecule has 1 N–H and O–H groups in total. The summed E-state index contributed by atoms with van der Waals surface area (Å²) in [5.74, 6) is 0.534. The molecule has 0 amide bonds. The van der Waals surface area contributed by atoms with E-state index in [1.165, 1.54) is 12.1 Å². The molecular formula is C15H12Br2N2O4. The van der Waals surface area contributed by atoms with Gasteiger partial charge in [0.25, 0.3) is 5.69 Å². The van der Waals surface area contributed by atoms with Crippen LogP contribution in [0.5, 0.6) is 5.75 Å². The number of nitro benzene ring substituents is 1. The van der Waals surface area contributed by atoms with E-state index in [1.807, 2.05) is 0 Å². The maximum Gasteiger partial charge on any atom is 0.270 e. The van der Waals surface area contributed by atoms with Crippen LogP contribution in [0.2, 0.25) is 0 Å². The molecule has 0 saturated heterocycles. The van der Waals surface area contributed by atoms with Crippen molar-refractivity contribution in [1.29, 1.82) is 0 Å². The topological polar surface area (TPSA) is 81.5 Å². The summed E-state index contributed by atoms with van der Waals surface area (Å²) >= 11 is 6.59. The van der Waals surface area contributed by atoms with Crippen molar-refractivity contribution >= 4 is 49.0 Å². The SMILES string of the molecule is COc1ccc(C(=O)CNc2ccc([N+](=O)[O-])cc2Br)cc1Br. The maximum absolute atomic E-state index is 12.2. The normalized spacial score (nSPS) is 10.2. The van der Waals surface area contributed by atoms with Gasteiger partial charge in [0, 0.05) is 27.9 Å². The number of benzene rings is 2. The van der Waals surface area contributed by atoms with Crippen molar-refractivity contribution in [2.75, 3.05) is 19.0 Å². The first-order valence-electron chi connectivity index (χ1n) is 6.47. The molecule has 0 spiro atoms. The fourth-order valence-electron chi connectivity index (χ4n) is 1.88. The molecule has 8 heteroatoms.